The Hall–Kier alpha value is -3.94. The fraction of sp³-hybridized carbons (Fsp3) is 0.379. The molecular formula is C29H33N3O5. The number of para-hydroxylation sites is 1. The number of carbonyl (C=O) groups excluding carboxylic acids is 2. The SMILES string of the molecule is COc1ccc(OC)c(C2CN(C(=O)c3ccco3)CC2C(=O)N2CCN(c3ccccc3C)CC2)c1. The number of furan rings is 1. The first kappa shape index (κ1) is 24.7. The number of benzene rings is 2. The van der Waals surface area contributed by atoms with Crippen LogP contribution in [0.3, 0.4) is 0 Å². The second-order valence-electron chi connectivity index (χ2n) is 9.61. The van der Waals surface area contributed by atoms with Gasteiger partial charge in [0.1, 0.15) is 11.5 Å². The number of anilines is 1. The molecule has 0 bridgehead atoms. The zero-order valence-corrected chi connectivity index (χ0v) is 21.6. The highest BCUT2D eigenvalue weighted by Gasteiger charge is 2.44. The van der Waals surface area contributed by atoms with E-state index in [0.29, 0.717) is 37.7 Å². The normalized spacial score (nSPS) is 19.7. The van der Waals surface area contributed by atoms with Crippen LogP contribution in [-0.4, -0.2) is 75.1 Å². The highest BCUT2D eigenvalue weighted by molar-refractivity contribution is 5.93. The van der Waals surface area contributed by atoms with Crippen molar-refractivity contribution in [2.24, 2.45) is 5.92 Å². The van der Waals surface area contributed by atoms with Gasteiger partial charge in [-0.15, -0.1) is 0 Å². The molecule has 37 heavy (non-hydrogen) atoms. The van der Waals surface area contributed by atoms with E-state index in [1.807, 2.05) is 29.2 Å². The molecule has 3 heterocycles. The van der Waals surface area contributed by atoms with E-state index in [4.69, 9.17) is 13.9 Å². The monoisotopic (exact) mass is 503 g/mol. The molecule has 0 spiro atoms. The molecule has 2 amide bonds. The number of hydrogen-bond donors (Lipinski definition) is 0. The van der Waals surface area contributed by atoms with Gasteiger partial charge in [-0.1, -0.05) is 18.2 Å². The van der Waals surface area contributed by atoms with Crippen molar-refractivity contribution >= 4 is 17.5 Å². The van der Waals surface area contributed by atoms with Crippen LogP contribution in [0.5, 0.6) is 11.5 Å². The van der Waals surface area contributed by atoms with Crippen LogP contribution < -0.4 is 14.4 Å². The molecule has 0 N–H and O–H groups in total. The van der Waals surface area contributed by atoms with Gasteiger partial charge >= 0.3 is 0 Å². The summed E-state index contributed by atoms with van der Waals surface area (Å²) in [5.41, 5.74) is 3.31. The Morgan fingerprint density at radius 2 is 1.68 bits per heavy atom. The van der Waals surface area contributed by atoms with Crippen molar-refractivity contribution in [1.29, 1.82) is 0 Å². The van der Waals surface area contributed by atoms with E-state index in [9.17, 15) is 9.59 Å². The summed E-state index contributed by atoms with van der Waals surface area (Å²) in [6.45, 7) is 5.64. The Labute approximate surface area is 217 Å². The van der Waals surface area contributed by atoms with Gasteiger partial charge in [0.25, 0.3) is 5.91 Å². The lowest BCUT2D eigenvalue weighted by molar-refractivity contribution is -0.135. The van der Waals surface area contributed by atoms with Crippen LogP contribution in [0.4, 0.5) is 5.69 Å². The van der Waals surface area contributed by atoms with Crippen LogP contribution in [0.15, 0.2) is 65.3 Å². The minimum Gasteiger partial charge on any atom is -0.497 e. The van der Waals surface area contributed by atoms with Crippen molar-refractivity contribution in [1.82, 2.24) is 9.80 Å². The van der Waals surface area contributed by atoms with Crippen LogP contribution in [0.1, 0.15) is 27.6 Å². The smallest absolute Gasteiger partial charge is 0.289 e. The van der Waals surface area contributed by atoms with E-state index in [2.05, 4.69) is 30.0 Å². The van der Waals surface area contributed by atoms with Gasteiger partial charge in [-0.2, -0.15) is 0 Å². The number of piperazine rings is 1. The van der Waals surface area contributed by atoms with Gasteiger partial charge in [0, 0.05) is 56.4 Å². The largest absolute Gasteiger partial charge is 0.497 e. The number of rotatable bonds is 6. The summed E-state index contributed by atoms with van der Waals surface area (Å²) in [5.74, 6) is 0.864. The molecule has 2 atom stereocenters. The summed E-state index contributed by atoms with van der Waals surface area (Å²) in [6, 6.07) is 17.3. The number of carbonyl (C=O) groups is 2. The van der Waals surface area contributed by atoms with Crippen LogP contribution >= 0.6 is 0 Å². The molecule has 2 aliphatic heterocycles. The van der Waals surface area contributed by atoms with Crippen molar-refractivity contribution in [3.63, 3.8) is 0 Å². The molecule has 2 saturated heterocycles. The lowest BCUT2D eigenvalue weighted by atomic mass is 9.87. The van der Waals surface area contributed by atoms with Crippen molar-refractivity contribution < 1.29 is 23.5 Å². The first-order valence-corrected chi connectivity index (χ1v) is 12.6. The maximum absolute atomic E-state index is 14.0. The van der Waals surface area contributed by atoms with E-state index >= 15 is 0 Å². The van der Waals surface area contributed by atoms with Gasteiger partial charge in [0.15, 0.2) is 5.76 Å². The molecule has 0 aliphatic carbocycles. The number of ether oxygens (including phenoxy) is 2. The van der Waals surface area contributed by atoms with E-state index in [0.717, 1.165) is 18.7 Å². The van der Waals surface area contributed by atoms with Crippen LogP contribution in [0, 0.1) is 12.8 Å². The molecule has 2 aromatic carbocycles. The standard InChI is InChI=1S/C29H33N3O5/c1-20-7-4-5-8-25(20)30-12-14-31(15-13-30)28(33)24-19-32(29(34)27-9-6-16-37-27)18-23(24)22-17-21(35-2)10-11-26(22)36-3/h4-11,16-17,23-24H,12-15,18-19H2,1-3H3. The second-order valence-corrected chi connectivity index (χ2v) is 9.61. The van der Waals surface area contributed by atoms with Gasteiger partial charge in [0.2, 0.25) is 5.91 Å². The third kappa shape index (κ3) is 4.88. The Balaban J connectivity index is 1.39. The highest BCUT2D eigenvalue weighted by Crippen LogP contribution is 2.41. The molecule has 0 radical (unpaired) electrons. The number of methoxy groups -OCH3 is 2. The van der Waals surface area contributed by atoms with Crippen molar-refractivity contribution in [3.8, 4) is 11.5 Å². The molecule has 194 valence electrons. The molecule has 2 fully saturated rings. The molecule has 5 rings (SSSR count). The van der Waals surface area contributed by atoms with E-state index < -0.39 is 5.92 Å². The lowest BCUT2D eigenvalue weighted by Crippen LogP contribution is -2.51. The Bertz CT molecular complexity index is 1250. The number of aryl methyl sites for hydroxylation is 1. The maximum Gasteiger partial charge on any atom is 0.289 e. The van der Waals surface area contributed by atoms with Crippen LogP contribution in [0.25, 0.3) is 0 Å². The molecule has 2 unspecified atom stereocenters. The maximum atomic E-state index is 14.0. The van der Waals surface area contributed by atoms with Crippen molar-refractivity contribution in [2.75, 3.05) is 58.4 Å². The summed E-state index contributed by atoms with van der Waals surface area (Å²) >= 11 is 0. The fourth-order valence-electron chi connectivity index (χ4n) is 5.54. The van der Waals surface area contributed by atoms with Gasteiger partial charge in [0.05, 0.1) is 26.4 Å². The number of likely N-dealkylation sites (tertiary alicyclic amines) is 1. The average molecular weight is 504 g/mol. The van der Waals surface area contributed by atoms with Gasteiger partial charge < -0.3 is 28.6 Å². The van der Waals surface area contributed by atoms with Crippen LogP contribution in [0.2, 0.25) is 0 Å². The summed E-state index contributed by atoms with van der Waals surface area (Å²) in [4.78, 5) is 33.2. The first-order chi connectivity index (χ1) is 18.0. The summed E-state index contributed by atoms with van der Waals surface area (Å²) in [5, 5.41) is 0. The Kier molecular flexibility index (Phi) is 7.08. The topological polar surface area (TPSA) is 75.5 Å². The molecular weight excluding hydrogens is 470 g/mol. The van der Waals surface area contributed by atoms with Crippen LogP contribution in [-0.2, 0) is 4.79 Å². The highest BCUT2D eigenvalue weighted by atomic mass is 16.5. The number of nitrogens with zero attached hydrogens (tertiary/aromatic N) is 3. The third-order valence-electron chi connectivity index (χ3n) is 7.54. The number of amides is 2. The van der Waals surface area contributed by atoms with Crippen molar-refractivity contribution in [2.45, 2.75) is 12.8 Å². The van der Waals surface area contributed by atoms with E-state index in [-0.39, 0.29) is 23.5 Å². The Morgan fingerprint density at radius 1 is 0.892 bits per heavy atom. The minimum absolute atomic E-state index is 0.0639. The third-order valence-corrected chi connectivity index (χ3v) is 7.54. The first-order valence-electron chi connectivity index (χ1n) is 12.6. The Morgan fingerprint density at radius 3 is 2.35 bits per heavy atom. The van der Waals surface area contributed by atoms with Gasteiger partial charge in [-0.25, -0.2) is 0 Å². The molecule has 8 nitrogen and oxygen atoms in total. The van der Waals surface area contributed by atoms with E-state index in [1.54, 1.807) is 31.3 Å². The predicted octanol–water partition coefficient (Wildman–Crippen LogP) is 3.81. The average Bonchev–Trinajstić information content (AvgIpc) is 3.63. The molecule has 8 heteroatoms. The number of hydrogen-bond acceptors (Lipinski definition) is 6. The molecule has 0 saturated carbocycles. The summed E-state index contributed by atoms with van der Waals surface area (Å²) in [7, 11) is 3.23. The zero-order valence-electron chi connectivity index (χ0n) is 21.6. The van der Waals surface area contributed by atoms with E-state index in [1.165, 1.54) is 17.5 Å². The second kappa shape index (κ2) is 10.6. The predicted molar refractivity (Wildman–Crippen MR) is 140 cm³/mol. The van der Waals surface area contributed by atoms with Crippen molar-refractivity contribution in [3.05, 3.63) is 77.7 Å². The van der Waals surface area contributed by atoms with Gasteiger partial charge in [-0.05, 0) is 48.9 Å². The molecule has 1 aromatic heterocycles. The minimum atomic E-state index is -0.398. The quantitative estimate of drug-likeness (QED) is 0.509. The summed E-state index contributed by atoms with van der Waals surface area (Å²) in [6.07, 6.45) is 1.49. The fourth-order valence-corrected chi connectivity index (χ4v) is 5.54. The molecule has 3 aromatic rings. The zero-order chi connectivity index (χ0) is 25.9. The molecule has 2 aliphatic rings. The van der Waals surface area contributed by atoms with Gasteiger partial charge in [-0.3, -0.25) is 9.59 Å². The lowest BCUT2D eigenvalue weighted by Gasteiger charge is -2.38. The summed E-state index contributed by atoms with van der Waals surface area (Å²) < 4.78 is 16.5.